The normalized spacial score (nSPS) is 18.2. The van der Waals surface area contributed by atoms with Gasteiger partial charge in [0.15, 0.2) is 0 Å². The lowest BCUT2D eigenvalue weighted by atomic mass is 10.0. The average molecular weight is 258 g/mol. The zero-order valence-electron chi connectivity index (χ0n) is 10.3. The second-order valence-electron chi connectivity index (χ2n) is 4.82. The first-order chi connectivity index (χ1) is 8.38. The molecule has 0 unspecified atom stereocenters. The standard InChI is InChI=1S/C13H17F3N2/c1-9-8-10(13(14,15)16)2-3-12(9)18-6-4-11(17)5-7-18/h2-3,8,11H,4-7,17H2,1H3. The predicted octanol–water partition coefficient (Wildman–Crippen LogP) is 2.94. The van der Waals surface area contributed by atoms with Crippen molar-refractivity contribution in [2.24, 2.45) is 5.73 Å². The number of alkyl halides is 3. The van der Waals surface area contributed by atoms with E-state index in [-0.39, 0.29) is 6.04 Å². The molecule has 100 valence electrons. The Morgan fingerprint density at radius 1 is 1.22 bits per heavy atom. The van der Waals surface area contributed by atoms with E-state index in [2.05, 4.69) is 4.90 Å². The summed E-state index contributed by atoms with van der Waals surface area (Å²) in [7, 11) is 0. The number of nitrogens with two attached hydrogens (primary N) is 1. The van der Waals surface area contributed by atoms with E-state index in [1.54, 1.807) is 13.0 Å². The van der Waals surface area contributed by atoms with Crippen molar-refractivity contribution in [1.82, 2.24) is 0 Å². The third-order valence-corrected chi connectivity index (χ3v) is 3.40. The van der Waals surface area contributed by atoms with Crippen LogP contribution in [0.15, 0.2) is 18.2 Å². The van der Waals surface area contributed by atoms with Crippen LogP contribution in [0.25, 0.3) is 0 Å². The molecule has 0 aliphatic carbocycles. The van der Waals surface area contributed by atoms with E-state index in [1.165, 1.54) is 6.07 Å². The Kier molecular flexibility index (Phi) is 3.52. The van der Waals surface area contributed by atoms with Gasteiger partial charge in [-0.25, -0.2) is 0 Å². The predicted molar refractivity (Wildman–Crippen MR) is 65.6 cm³/mol. The van der Waals surface area contributed by atoms with Gasteiger partial charge in [0.1, 0.15) is 0 Å². The highest BCUT2D eigenvalue weighted by Gasteiger charge is 2.31. The first-order valence-electron chi connectivity index (χ1n) is 6.06. The molecule has 1 aromatic rings. The number of nitrogens with zero attached hydrogens (tertiary/aromatic N) is 1. The van der Waals surface area contributed by atoms with Crippen molar-refractivity contribution in [2.45, 2.75) is 32.0 Å². The van der Waals surface area contributed by atoms with Crippen molar-refractivity contribution in [3.8, 4) is 0 Å². The number of rotatable bonds is 1. The Hall–Kier alpha value is -1.23. The van der Waals surface area contributed by atoms with Gasteiger partial charge in [-0.1, -0.05) is 0 Å². The van der Waals surface area contributed by atoms with Crippen molar-refractivity contribution in [3.05, 3.63) is 29.3 Å². The van der Waals surface area contributed by atoms with Crippen molar-refractivity contribution >= 4 is 5.69 Å². The van der Waals surface area contributed by atoms with Gasteiger partial charge in [-0.2, -0.15) is 13.2 Å². The van der Waals surface area contributed by atoms with E-state index >= 15 is 0 Å². The summed E-state index contributed by atoms with van der Waals surface area (Å²) >= 11 is 0. The number of aryl methyl sites for hydroxylation is 1. The molecule has 0 saturated carbocycles. The molecule has 1 saturated heterocycles. The lowest BCUT2D eigenvalue weighted by Crippen LogP contribution is -2.40. The summed E-state index contributed by atoms with van der Waals surface area (Å²) in [5, 5.41) is 0. The molecule has 0 spiro atoms. The van der Waals surface area contributed by atoms with E-state index in [0.29, 0.717) is 5.56 Å². The highest BCUT2D eigenvalue weighted by atomic mass is 19.4. The second kappa shape index (κ2) is 4.80. The Bertz CT molecular complexity index is 421. The van der Waals surface area contributed by atoms with Gasteiger partial charge in [-0.3, -0.25) is 0 Å². The molecule has 1 heterocycles. The number of benzene rings is 1. The van der Waals surface area contributed by atoms with Crippen LogP contribution in [0.3, 0.4) is 0 Å². The van der Waals surface area contributed by atoms with Gasteiger partial charge in [-0.15, -0.1) is 0 Å². The fourth-order valence-electron chi connectivity index (χ4n) is 2.33. The molecule has 2 rings (SSSR count). The molecule has 0 atom stereocenters. The van der Waals surface area contributed by atoms with E-state index in [1.807, 2.05) is 0 Å². The maximum absolute atomic E-state index is 12.6. The summed E-state index contributed by atoms with van der Waals surface area (Å²) in [5.74, 6) is 0. The first-order valence-corrected chi connectivity index (χ1v) is 6.06. The molecule has 1 aliphatic heterocycles. The van der Waals surface area contributed by atoms with Crippen LogP contribution in [0.5, 0.6) is 0 Å². The molecule has 18 heavy (non-hydrogen) atoms. The lowest BCUT2D eigenvalue weighted by Gasteiger charge is -2.33. The molecular weight excluding hydrogens is 241 g/mol. The van der Waals surface area contributed by atoms with Crippen molar-refractivity contribution in [1.29, 1.82) is 0 Å². The Labute approximate surface area is 105 Å². The SMILES string of the molecule is Cc1cc(C(F)(F)F)ccc1N1CCC(N)CC1. The Morgan fingerprint density at radius 3 is 2.33 bits per heavy atom. The van der Waals surface area contributed by atoms with Crippen LogP contribution in [0, 0.1) is 6.92 Å². The van der Waals surface area contributed by atoms with Crippen LogP contribution in [0.1, 0.15) is 24.0 Å². The summed E-state index contributed by atoms with van der Waals surface area (Å²) in [6, 6.07) is 4.14. The molecule has 5 heteroatoms. The molecule has 2 N–H and O–H groups in total. The van der Waals surface area contributed by atoms with Gasteiger partial charge in [-0.05, 0) is 43.5 Å². The van der Waals surface area contributed by atoms with Crippen LogP contribution >= 0.6 is 0 Å². The van der Waals surface area contributed by atoms with Crippen LogP contribution in [-0.4, -0.2) is 19.1 Å². The van der Waals surface area contributed by atoms with Crippen LogP contribution in [0.2, 0.25) is 0 Å². The van der Waals surface area contributed by atoms with Gasteiger partial charge < -0.3 is 10.6 Å². The maximum Gasteiger partial charge on any atom is 0.416 e. The molecular formula is C13H17F3N2. The molecule has 0 bridgehead atoms. The second-order valence-corrected chi connectivity index (χ2v) is 4.82. The lowest BCUT2D eigenvalue weighted by molar-refractivity contribution is -0.137. The number of piperidine rings is 1. The molecule has 2 nitrogen and oxygen atoms in total. The van der Waals surface area contributed by atoms with Crippen molar-refractivity contribution in [3.63, 3.8) is 0 Å². The summed E-state index contributed by atoms with van der Waals surface area (Å²) in [5.41, 5.74) is 6.78. The highest BCUT2D eigenvalue weighted by Crippen LogP contribution is 2.33. The fraction of sp³-hybridized carbons (Fsp3) is 0.538. The summed E-state index contributed by atoms with van der Waals surface area (Å²) in [6.07, 6.45) is -2.49. The van der Waals surface area contributed by atoms with Crippen molar-refractivity contribution < 1.29 is 13.2 Å². The largest absolute Gasteiger partial charge is 0.416 e. The number of halogens is 3. The first kappa shape index (κ1) is 13.2. The van der Waals surface area contributed by atoms with Crippen molar-refractivity contribution in [2.75, 3.05) is 18.0 Å². The summed E-state index contributed by atoms with van der Waals surface area (Å²) in [6.45, 7) is 3.35. The van der Waals surface area contributed by atoms with Crippen LogP contribution in [0.4, 0.5) is 18.9 Å². The van der Waals surface area contributed by atoms with E-state index in [0.717, 1.165) is 37.7 Å². The third-order valence-electron chi connectivity index (χ3n) is 3.40. The zero-order chi connectivity index (χ0) is 13.3. The Balaban J connectivity index is 2.20. The van der Waals surface area contributed by atoms with E-state index < -0.39 is 11.7 Å². The molecule has 1 aliphatic rings. The minimum Gasteiger partial charge on any atom is -0.371 e. The quantitative estimate of drug-likeness (QED) is 0.839. The fourth-order valence-corrected chi connectivity index (χ4v) is 2.33. The van der Waals surface area contributed by atoms with E-state index in [9.17, 15) is 13.2 Å². The maximum atomic E-state index is 12.6. The Morgan fingerprint density at radius 2 is 1.83 bits per heavy atom. The minimum atomic E-state index is -4.27. The number of anilines is 1. The van der Waals surface area contributed by atoms with Gasteiger partial charge in [0.05, 0.1) is 5.56 Å². The number of hydrogen-bond donors (Lipinski definition) is 1. The number of hydrogen-bond acceptors (Lipinski definition) is 2. The third kappa shape index (κ3) is 2.77. The smallest absolute Gasteiger partial charge is 0.371 e. The highest BCUT2D eigenvalue weighted by molar-refractivity contribution is 5.55. The molecule has 1 fully saturated rings. The molecule has 0 aromatic heterocycles. The van der Waals surface area contributed by atoms with Gasteiger partial charge in [0.2, 0.25) is 0 Å². The van der Waals surface area contributed by atoms with Crippen LogP contribution < -0.4 is 10.6 Å². The average Bonchev–Trinajstić information content (AvgIpc) is 2.29. The molecule has 0 amide bonds. The minimum absolute atomic E-state index is 0.219. The van der Waals surface area contributed by atoms with Gasteiger partial charge in [0.25, 0.3) is 0 Å². The van der Waals surface area contributed by atoms with Gasteiger partial charge >= 0.3 is 6.18 Å². The molecule has 1 aromatic carbocycles. The van der Waals surface area contributed by atoms with Crippen LogP contribution in [-0.2, 0) is 6.18 Å². The topological polar surface area (TPSA) is 29.3 Å². The van der Waals surface area contributed by atoms with E-state index in [4.69, 9.17) is 5.73 Å². The molecule has 0 radical (unpaired) electrons. The monoisotopic (exact) mass is 258 g/mol. The summed E-state index contributed by atoms with van der Waals surface area (Å²) < 4.78 is 37.7. The zero-order valence-corrected chi connectivity index (χ0v) is 10.3. The summed E-state index contributed by atoms with van der Waals surface area (Å²) in [4.78, 5) is 2.11. The van der Waals surface area contributed by atoms with Gasteiger partial charge in [0, 0.05) is 24.8 Å².